The minimum absolute atomic E-state index is 0.550. The lowest BCUT2D eigenvalue weighted by Crippen LogP contribution is -2.09. The predicted molar refractivity (Wildman–Crippen MR) is 74.8 cm³/mol. The molecular weight excluding hydrogens is 240 g/mol. The van der Waals surface area contributed by atoms with E-state index in [2.05, 4.69) is 0 Å². The SMILES string of the molecule is COc1ccc(CCC=O)cc1OCC1CCCC1. The van der Waals surface area contributed by atoms with Crippen LogP contribution in [0, 0.1) is 5.92 Å². The van der Waals surface area contributed by atoms with Gasteiger partial charge in [0.15, 0.2) is 11.5 Å². The molecule has 1 saturated carbocycles. The fourth-order valence-electron chi connectivity index (χ4n) is 2.60. The van der Waals surface area contributed by atoms with Gasteiger partial charge in [-0.15, -0.1) is 0 Å². The molecular formula is C16H22O3. The van der Waals surface area contributed by atoms with Crippen molar-refractivity contribution in [2.45, 2.75) is 38.5 Å². The van der Waals surface area contributed by atoms with Crippen LogP contribution in [0.3, 0.4) is 0 Å². The molecule has 0 saturated heterocycles. The molecule has 3 nitrogen and oxygen atoms in total. The van der Waals surface area contributed by atoms with Crippen molar-refractivity contribution in [2.75, 3.05) is 13.7 Å². The molecule has 1 fully saturated rings. The highest BCUT2D eigenvalue weighted by molar-refractivity contribution is 5.51. The monoisotopic (exact) mass is 262 g/mol. The van der Waals surface area contributed by atoms with E-state index in [0.29, 0.717) is 12.3 Å². The van der Waals surface area contributed by atoms with Gasteiger partial charge in [-0.1, -0.05) is 18.9 Å². The third-order valence-corrected chi connectivity index (χ3v) is 3.73. The van der Waals surface area contributed by atoms with Gasteiger partial charge in [-0.2, -0.15) is 0 Å². The summed E-state index contributed by atoms with van der Waals surface area (Å²) in [7, 11) is 1.66. The van der Waals surface area contributed by atoms with E-state index in [9.17, 15) is 4.79 Å². The molecule has 1 aromatic carbocycles. The molecule has 0 heterocycles. The average Bonchev–Trinajstić information content (AvgIpc) is 2.96. The Bertz CT molecular complexity index is 408. The molecule has 0 radical (unpaired) electrons. The van der Waals surface area contributed by atoms with E-state index in [0.717, 1.165) is 36.4 Å². The number of carbonyl (C=O) groups excluding carboxylic acids is 1. The molecule has 1 aliphatic carbocycles. The Balaban J connectivity index is 2.00. The number of aryl methyl sites for hydroxylation is 1. The smallest absolute Gasteiger partial charge is 0.161 e. The Morgan fingerprint density at radius 1 is 1.26 bits per heavy atom. The Kier molecular flexibility index (Phi) is 5.25. The molecule has 1 aliphatic rings. The van der Waals surface area contributed by atoms with E-state index < -0.39 is 0 Å². The number of hydrogen-bond donors (Lipinski definition) is 0. The number of rotatable bonds is 7. The zero-order chi connectivity index (χ0) is 13.5. The number of ether oxygens (including phenoxy) is 2. The molecule has 0 aromatic heterocycles. The summed E-state index contributed by atoms with van der Waals surface area (Å²) in [6, 6.07) is 5.91. The zero-order valence-corrected chi connectivity index (χ0v) is 11.6. The second kappa shape index (κ2) is 7.17. The van der Waals surface area contributed by atoms with Crippen LogP contribution >= 0.6 is 0 Å². The number of methoxy groups -OCH3 is 1. The van der Waals surface area contributed by atoms with Gasteiger partial charge in [0.1, 0.15) is 6.29 Å². The van der Waals surface area contributed by atoms with Crippen LogP contribution in [-0.2, 0) is 11.2 Å². The van der Waals surface area contributed by atoms with Crippen LogP contribution in [0.15, 0.2) is 18.2 Å². The minimum atomic E-state index is 0.550. The normalized spacial score (nSPS) is 15.4. The average molecular weight is 262 g/mol. The molecule has 0 atom stereocenters. The van der Waals surface area contributed by atoms with Crippen molar-refractivity contribution in [3.8, 4) is 11.5 Å². The van der Waals surface area contributed by atoms with Crippen LogP contribution < -0.4 is 9.47 Å². The van der Waals surface area contributed by atoms with Crippen molar-refractivity contribution in [1.82, 2.24) is 0 Å². The Morgan fingerprint density at radius 2 is 2.05 bits per heavy atom. The number of benzene rings is 1. The summed E-state index contributed by atoms with van der Waals surface area (Å²) in [5.41, 5.74) is 1.12. The van der Waals surface area contributed by atoms with Crippen molar-refractivity contribution < 1.29 is 14.3 Å². The maximum Gasteiger partial charge on any atom is 0.161 e. The van der Waals surface area contributed by atoms with Gasteiger partial charge in [0.25, 0.3) is 0 Å². The third-order valence-electron chi connectivity index (χ3n) is 3.73. The van der Waals surface area contributed by atoms with Crippen LogP contribution in [0.4, 0.5) is 0 Å². The summed E-state index contributed by atoms with van der Waals surface area (Å²) in [6.45, 7) is 0.771. The fourth-order valence-corrected chi connectivity index (χ4v) is 2.60. The third kappa shape index (κ3) is 3.98. The molecule has 0 aliphatic heterocycles. The van der Waals surface area contributed by atoms with Gasteiger partial charge in [-0.25, -0.2) is 0 Å². The van der Waals surface area contributed by atoms with Crippen molar-refractivity contribution in [3.63, 3.8) is 0 Å². The standard InChI is InChI=1S/C16H22O3/c1-18-15-9-8-13(7-4-10-17)11-16(15)19-12-14-5-2-3-6-14/h8-11,14H,2-7,12H2,1H3. The van der Waals surface area contributed by atoms with Gasteiger partial charge in [0.2, 0.25) is 0 Å². The second-order valence-corrected chi connectivity index (χ2v) is 5.15. The quantitative estimate of drug-likeness (QED) is 0.706. The molecule has 2 rings (SSSR count). The number of aldehydes is 1. The molecule has 104 valence electrons. The molecule has 0 amide bonds. The fraction of sp³-hybridized carbons (Fsp3) is 0.562. The highest BCUT2D eigenvalue weighted by Crippen LogP contribution is 2.31. The van der Waals surface area contributed by atoms with E-state index in [1.54, 1.807) is 7.11 Å². The van der Waals surface area contributed by atoms with Gasteiger partial charge >= 0.3 is 0 Å². The van der Waals surface area contributed by atoms with E-state index in [4.69, 9.17) is 9.47 Å². The Morgan fingerprint density at radius 3 is 2.74 bits per heavy atom. The summed E-state index contributed by atoms with van der Waals surface area (Å²) in [6.07, 6.45) is 7.44. The first-order valence-electron chi connectivity index (χ1n) is 7.07. The van der Waals surface area contributed by atoms with Crippen molar-refractivity contribution in [3.05, 3.63) is 23.8 Å². The highest BCUT2D eigenvalue weighted by Gasteiger charge is 2.16. The first-order chi connectivity index (χ1) is 9.33. The molecule has 19 heavy (non-hydrogen) atoms. The van der Waals surface area contributed by atoms with Crippen molar-refractivity contribution in [1.29, 1.82) is 0 Å². The number of hydrogen-bond acceptors (Lipinski definition) is 3. The lowest BCUT2D eigenvalue weighted by molar-refractivity contribution is -0.107. The first-order valence-corrected chi connectivity index (χ1v) is 7.07. The lowest BCUT2D eigenvalue weighted by atomic mass is 10.1. The molecule has 1 aromatic rings. The van der Waals surface area contributed by atoms with Gasteiger partial charge in [0, 0.05) is 6.42 Å². The summed E-state index contributed by atoms with van der Waals surface area (Å²) in [5.74, 6) is 2.26. The maximum atomic E-state index is 10.4. The summed E-state index contributed by atoms with van der Waals surface area (Å²) in [4.78, 5) is 10.4. The lowest BCUT2D eigenvalue weighted by Gasteiger charge is -2.15. The second-order valence-electron chi connectivity index (χ2n) is 5.15. The number of carbonyl (C=O) groups is 1. The van der Waals surface area contributed by atoms with E-state index in [-0.39, 0.29) is 0 Å². The van der Waals surface area contributed by atoms with Crippen LogP contribution in [0.1, 0.15) is 37.7 Å². The van der Waals surface area contributed by atoms with Crippen molar-refractivity contribution >= 4 is 6.29 Å². The molecule has 0 spiro atoms. The largest absolute Gasteiger partial charge is 0.493 e. The van der Waals surface area contributed by atoms with Gasteiger partial charge in [0.05, 0.1) is 13.7 Å². The van der Waals surface area contributed by atoms with Crippen molar-refractivity contribution in [2.24, 2.45) is 5.92 Å². The highest BCUT2D eigenvalue weighted by atomic mass is 16.5. The Labute approximate surface area is 114 Å². The van der Waals surface area contributed by atoms with E-state index in [1.165, 1.54) is 25.7 Å². The topological polar surface area (TPSA) is 35.5 Å². The van der Waals surface area contributed by atoms with Crippen LogP contribution in [0.5, 0.6) is 11.5 Å². The first kappa shape index (κ1) is 13.9. The zero-order valence-electron chi connectivity index (χ0n) is 11.6. The summed E-state index contributed by atoms with van der Waals surface area (Å²) >= 11 is 0. The predicted octanol–water partition coefficient (Wildman–Crippen LogP) is 3.40. The van der Waals surface area contributed by atoms with Gasteiger partial charge < -0.3 is 14.3 Å². The van der Waals surface area contributed by atoms with Gasteiger partial charge in [-0.3, -0.25) is 0 Å². The van der Waals surface area contributed by atoms with Crippen LogP contribution in [-0.4, -0.2) is 20.0 Å². The van der Waals surface area contributed by atoms with E-state index in [1.807, 2.05) is 18.2 Å². The molecule has 0 N–H and O–H groups in total. The molecule has 3 heteroatoms. The summed E-state index contributed by atoms with van der Waals surface area (Å²) in [5, 5.41) is 0. The summed E-state index contributed by atoms with van der Waals surface area (Å²) < 4.78 is 11.2. The van der Waals surface area contributed by atoms with Crippen LogP contribution in [0.25, 0.3) is 0 Å². The van der Waals surface area contributed by atoms with Gasteiger partial charge in [-0.05, 0) is 42.9 Å². The minimum Gasteiger partial charge on any atom is -0.493 e. The molecule has 0 unspecified atom stereocenters. The van der Waals surface area contributed by atoms with E-state index >= 15 is 0 Å². The molecule has 0 bridgehead atoms. The maximum absolute atomic E-state index is 10.4. The Hall–Kier alpha value is -1.51. The van der Waals surface area contributed by atoms with Crippen LogP contribution in [0.2, 0.25) is 0 Å².